The van der Waals surface area contributed by atoms with Gasteiger partial charge in [-0.1, -0.05) is 153 Å². The maximum atomic E-state index is 11.0. The van der Waals surface area contributed by atoms with E-state index in [-0.39, 0.29) is 86.1 Å². The number of primary amides is 2. The van der Waals surface area contributed by atoms with Gasteiger partial charge in [0.2, 0.25) is 23.6 Å². The first kappa shape index (κ1) is 87.1. The van der Waals surface area contributed by atoms with Crippen LogP contribution in [0.2, 0.25) is 0 Å². The number of carbonyl (C=O) groups is 5. The third-order valence-electron chi connectivity index (χ3n) is 7.40. The minimum Gasteiger partial charge on any atom is -0.512 e. The first-order valence-electron chi connectivity index (χ1n) is 24.3. The number of ketones is 1. The molecule has 14 heteroatoms. The number of aliphatic imine (C=N–C) groups is 2. The lowest BCUT2D eigenvalue weighted by Crippen LogP contribution is -2.33. The highest BCUT2D eigenvalue weighted by Gasteiger charge is 2.09. The second-order valence-electron chi connectivity index (χ2n) is 20.6. The summed E-state index contributed by atoms with van der Waals surface area (Å²) >= 11 is 0. The normalized spacial score (nSPS) is 11.1. The smallest absolute Gasteiger partial charge is 0.222 e. The zero-order chi connectivity index (χ0) is 54.9. The third kappa shape index (κ3) is 85.3. The molecule has 0 aliphatic heterocycles. The van der Waals surface area contributed by atoms with Gasteiger partial charge in [0.15, 0.2) is 0 Å². The lowest BCUT2D eigenvalue weighted by atomic mass is 9.99. The number of carbonyl (C=O) groups excluding carboxylic acids is 5. The molecule has 0 rings (SSSR count). The van der Waals surface area contributed by atoms with Crippen molar-refractivity contribution < 1.29 is 29.1 Å². The molecule has 4 amide bonds. The van der Waals surface area contributed by atoms with E-state index in [9.17, 15) is 24.0 Å². The number of hydrogen-bond acceptors (Lipinski definition) is 8. The summed E-state index contributed by atoms with van der Waals surface area (Å²) in [7, 11) is 0. The lowest BCUT2D eigenvalue weighted by molar-refractivity contribution is -0.125. The largest absolute Gasteiger partial charge is 0.512 e. The van der Waals surface area contributed by atoms with E-state index in [1.807, 2.05) is 145 Å². The van der Waals surface area contributed by atoms with Crippen LogP contribution < -0.4 is 33.6 Å². The Kier molecular flexibility index (Phi) is 67.2. The van der Waals surface area contributed by atoms with Gasteiger partial charge in [0.1, 0.15) is 5.78 Å². The van der Waals surface area contributed by atoms with Gasteiger partial charge in [0.05, 0.1) is 17.4 Å². The van der Waals surface area contributed by atoms with Gasteiger partial charge in [-0.3, -0.25) is 34.0 Å². The molecule has 0 aliphatic rings. The first-order chi connectivity index (χ1) is 29.5. The van der Waals surface area contributed by atoms with Gasteiger partial charge >= 0.3 is 0 Å². The Morgan fingerprint density at radius 3 is 0.735 bits per heavy atom. The molecule has 0 aromatic heterocycles. The molecule has 14 nitrogen and oxygen atoms in total. The summed E-state index contributed by atoms with van der Waals surface area (Å²) in [4.78, 5) is 60.8. The van der Waals surface area contributed by atoms with Crippen LogP contribution in [0, 0.1) is 59.2 Å². The van der Waals surface area contributed by atoms with E-state index in [0.717, 1.165) is 18.1 Å². The van der Waals surface area contributed by atoms with Crippen LogP contribution in [0.5, 0.6) is 0 Å². The molecule has 0 bridgehead atoms. The summed E-state index contributed by atoms with van der Waals surface area (Å²) in [6.07, 6.45) is 2.61. The van der Waals surface area contributed by atoms with Crippen molar-refractivity contribution in [3.8, 4) is 0 Å². The van der Waals surface area contributed by atoms with Gasteiger partial charge in [-0.25, -0.2) is 0 Å². The van der Waals surface area contributed by atoms with Crippen molar-refractivity contribution in [3.05, 3.63) is 11.8 Å². The summed E-state index contributed by atoms with van der Waals surface area (Å²) in [6.45, 7) is 54.8. The molecule has 0 radical (unpaired) electrons. The number of Topliss-reactive ketones (excluding diaryl/α,β-unsaturated/α-hetero) is 1. The number of aliphatic hydroxyl groups excluding tert-OH is 1. The Bertz CT molecular complexity index is 1160. The van der Waals surface area contributed by atoms with Crippen LogP contribution in [0.1, 0.15) is 215 Å². The Morgan fingerprint density at radius 1 is 0.426 bits per heavy atom. The van der Waals surface area contributed by atoms with Gasteiger partial charge in [-0.05, 0) is 73.3 Å². The molecule has 0 spiro atoms. The molecule has 412 valence electrons. The minimum atomic E-state index is -0.241. The van der Waals surface area contributed by atoms with Crippen molar-refractivity contribution in [1.82, 2.24) is 10.6 Å². The molecule has 0 saturated heterocycles. The molecular formula is C54H120N8O6. The van der Waals surface area contributed by atoms with Gasteiger partial charge in [0, 0.05) is 77.9 Å². The van der Waals surface area contributed by atoms with E-state index in [2.05, 4.69) is 48.3 Å². The quantitative estimate of drug-likeness (QED) is 0.0470. The van der Waals surface area contributed by atoms with E-state index >= 15 is 0 Å². The summed E-state index contributed by atoms with van der Waals surface area (Å²) in [6, 6.07) is 1.18. The van der Waals surface area contributed by atoms with Crippen LogP contribution in [0.15, 0.2) is 21.8 Å². The van der Waals surface area contributed by atoms with Gasteiger partial charge < -0.3 is 38.7 Å². The highest BCUT2D eigenvalue weighted by atomic mass is 16.3. The van der Waals surface area contributed by atoms with Gasteiger partial charge in [-0.2, -0.15) is 0 Å². The fourth-order valence-electron chi connectivity index (χ4n) is 2.97. The average molecular weight is 978 g/mol. The van der Waals surface area contributed by atoms with Crippen molar-refractivity contribution >= 4 is 41.1 Å². The van der Waals surface area contributed by atoms with Gasteiger partial charge in [0.25, 0.3) is 0 Å². The van der Waals surface area contributed by atoms with E-state index < -0.39 is 0 Å². The predicted molar refractivity (Wildman–Crippen MR) is 301 cm³/mol. The van der Waals surface area contributed by atoms with Crippen LogP contribution in [-0.2, 0) is 24.0 Å². The first-order valence-corrected chi connectivity index (χ1v) is 24.3. The number of amides is 4. The predicted octanol–water partition coefficient (Wildman–Crippen LogP) is 11.7. The molecule has 0 aromatic rings. The highest BCUT2D eigenvalue weighted by molar-refractivity contribution is 5.83. The molecule has 0 aromatic carbocycles. The van der Waals surface area contributed by atoms with E-state index in [0.29, 0.717) is 47.3 Å². The maximum Gasteiger partial charge on any atom is 0.222 e. The standard InChI is InChI=1S/2C8H16O.2C7H16N2.2C7H15NO.2C4H9NO.2CH4/c2*1-6(2)5-8(9)7(3)4;2*1-5(2)7(8)9-6(3)4;2*1-5(2)7(9)8-6(3)4;2*1-3(2)4(5)6;;/h6-7H,5H2,1-4H3;5-7,9H,1-4H3;2*5-6H,1-4H3,(H2,8,9);2*5-6H,1-4H3,(H,8,9);2*3H,1-2H3,(H2,5,6);2*1H4/b;8-5-;;;;;;;;. The van der Waals surface area contributed by atoms with Crippen LogP contribution in [0.3, 0.4) is 0 Å². The highest BCUT2D eigenvalue weighted by Crippen LogP contribution is 2.08. The fourth-order valence-corrected chi connectivity index (χ4v) is 2.97. The summed E-state index contributed by atoms with van der Waals surface area (Å²) in [5.74, 6) is 4.58. The number of amidine groups is 2. The summed E-state index contributed by atoms with van der Waals surface area (Å²) in [5.41, 5.74) is 20.7. The zero-order valence-corrected chi connectivity index (χ0v) is 48.1. The number of aliphatic hydroxyl groups is 1. The minimum absolute atomic E-state index is 0. The lowest BCUT2D eigenvalue weighted by Gasteiger charge is -2.09. The van der Waals surface area contributed by atoms with Crippen molar-refractivity contribution in [2.45, 2.75) is 239 Å². The van der Waals surface area contributed by atoms with Crippen LogP contribution in [-0.4, -0.2) is 70.4 Å². The molecule has 0 aliphatic carbocycles. The third-order valence-corrected chi connectivity index (χ3v) is 7.40. The molecule has 11 N–H and O–H groups in total. The zero-order valence-electron chi connectivity index (χ0n) is 48.1. The Hall–Kier alpha value is -3.97. The Morgan fingerprint density at radius 2 is 0.676 bits per heavy atom. The second kappa shape index (κ2) is 52.4. The summed E-state index contributed by atoms with van der Waals surface area (Å²) in [5, 5.41) is 14.8. The molecule has 0 heterocycles. The van der Waals surface area contributed by atoms with Crippen molar-refractivity contribution in [1.29, 1.82) is 0 Å². The SMILES string of the molecule is C.C.CC(C)/C=C(\O)C(C)C.CC(C)C(N)=O.CC(C)C(N)=O.CC(C)CC(=O)C(C)C.CC(C)N=C(N)C(C)C.CC(C)N=C(N)C(C)C.CC(C)NC(=O)C(C)C.CC(C)NC(=O)C(C)C. The fraction of sp³-hybridized carbons (Fsp3) is 0.833. The molecule has 0 saturated carbocycles. The molecular weight excluding hydrogens is 857 g/mol. The van der Waals surface area contributed by atoms with E-state index in [1.165, 1.54) is 0 Å². The van der Waals surface area contributed by atoms with E-state index in [1.54, 1.807) is 27.7 Å². The Labute approximate surface area is 422 Å². The monoisotopic (exact) mass is 977 g/mol. The number of allylic oxidation sites excluding steroid dienone is 2. The molecule has 0 unspecified atom stereocenters. The molecule has 0 fully saturated rings. The number of hydrogen-bond donors (Lipinski definition) is 7. The van der Waals surface area contributed by atoms with Gasteiger partial charge in [-0.15, -0.1) is 0 Å². The second-order valence-corrected chi connectivity index (χ2v) is 20.6. The maximum absolute atomic E-state index is 11.0. The van der Waals surface area contributed by atoms with Crippen LogP contribution in [0.25, 0.3) is 0 Å². The number of nitrogens with zero attached hydrogens (tertiary/aromatic N) is 2. The van der Waals surface area contributed by atoms with Crippen molar-refractivity contribution in [2.24, 2.45) is 92.1 Å². The van der Waals surface area contributed by atoms with Crippen LogP contribution >= 0.6 is 0 Å². The average Bonchev–Trinajstić information content (AvgIpc) is 3.11. The number of rotatable bonds is 15. The van der Waals surface area contributed by atoms with Crippen LogP contribution in [0.4, 0.5) is 0 Å². The number of nitrogens with one attached hydrogen (secondary N) is 2. The summed E-state index contributed by atoms with van der Waals surface area (Å²) < 4.78 is 0. The van der Waals surface area contributed by atoms with E-state index in [4.69, 9.17) is 28.0 Å². The van der Waals surface area contributed by atoms with Crippen molar-refractivity contribution in [3.63, 3.8) is 0 Å². The van der Waals surface area contributed by atoms with Crippen molar-refractivity contribution in [2.75, 3.05) is 0 Å². The molecule has 0 atom stereocenters. The topological polar surface area (TPSA) is 258 Å². The Balaban J connectivity index is -0.0000000707. The number of nitrogens with two attached hydrogens (primary N) is 4. The molecule has 68 heavy (non-hydrogen) atoms.